The van der Waals surface area contributed by atoms with Gasteiger partial charge in [0.25, 0.3) is 0 Å². The van der Waals surface area contributed by atoms with Crippen molar-refractivity contribution in [3.05, 3.63) is 11.9 Å². The Labute approximate surface area is 55.0 Å². The number of carboxylic acid groups (broad SMARTS) is 1. The molecule has 0 amide bonds. The second-order valence-corrected chi connectivity index (χ2v) is 1.64. The molecule has 0 saturated carbocycles. The first-order valence-corrected chi connectivity index (χ1v) is 2.36. The van der Waals surface area contributed by atoms with Crippen LogP contribution in [0.15, 0.2) is 6.20 Å². The van der Waals surface area contributed by atoms with Crippen LogP contribution in [0.25, 0.3) is 0 Å². The maximum Gasteiger partial charge on any atom is 0.358 e. The zero-order valence-electron chi connectivity index (χ0n) is 4.15. The fourth-order valence-corrected chi connectivity index (χ4v) is 0.468. The molecule has 0 spiro atoms. The lowest BCUT2D eigenvalue weighted by Gasteiger charge is -1.76. The van der Waals surface area contributed by atoms with Gasteiger partial charge in [0.05, 0.1) is 6.20 Å². The van der Waals surface area contributed by atoms with Gasteiger partial charge in [0.15, 0.2) is 5.69 Å². The topological polar surface area (TPSA) is 68.0 Å². The lowest BCUT2D eigenvalue weighted by Crippen LogP contribution is -1.95. The Bertz CT molecular complexity index is 233. The number of rotatable bonds is 1. The molecule has 1 aromatic rings. The van der Waals surface area contributed by atoms with E-state index in [1.165, 1.54) is 0 Å². The third-order valence-corrected chi connectivity index (χ3v) is 0.851. The second kappa shape index (κ2) is 2.02. The number of hydrogen-bond donors (Lipinski definition) is 1. The molecule has 48 valence electrons. The van der Waals surface area contributed by atoms with Crippen LogP contribution >= 0.6 is 11.8 Å². The summed E-state index contributed by atoms with van der Waals surface area (Å²) in [7, 11) is 0. The smallest absolute Gasteiger partial charge is 0.358 e. The Morgan fingerprint density at radius 2 is 2.56 bits per heavy atom. The monoisotopic (exact) mass is 147 g/mol. The van der Waals surface area contributed by atoms with Gasteiger partial charge in [-0.2, -0.15) is 4.20 Å². The second-order valence-electron chi connectivity index (χ2n) is 1.30. The number of halogens is 1. The summed E-state index contributed by atoms with van der Waals surface area (Å²) < 4.78 is 0.809. The summed E-state index contributed by atoms with van der Waals surface area (Å²) in [6, 6.07) is 0. The quantitative estimate of drug-likeness (QED) is 0.606. The van der Waals surface area contributed by atoms with Gasteiger partial charge in [0, 0.05) is 11.8 Å². The molecule has 9 heavy (non-hydrogen) atoms. The predicted octanol–water partition coefficient (Wildman–Crippen LogP) is -0.0218. The maximum atomic E-state index is 10.0. The molecule has 0 bridgehead atoms. The van der Waals surface area contributed by atoms with Crippen LogP contribution in [0, 0.1) is 0 Å². The van der Waals surface area contributed by atoms with Gasteiger partial charge in [-0.15, -0.1) is 5.10 Å². The van der Waals surface area contributed by atoms with Gasteiger partial charge in [0.2, 0.25) is 0 Å². The highest BCUT2D eigenvalue weighted by atomic mass is 35.5. The van der Waals surface area contributed by atoms with Crippen molar-refractivity contribution in [2.45, 2.75) is 0 Å². The molecule has 1 rings (SSSR count). The van der Waals surface area contributed by atoms with E-state index in [2.05, 4.69) is 10.3 Å². The summed E-state index contributed by atoms with van der Waals surface area (Å²) in [4.78, 5) is 10.0. The van der Waals surface area contributed by atoms with E-state index < -0.39 is 5.97 Å². The molecule has 0 fully saturated rings. The number of carboxylic acids is 1. The van der Waals surface area contributed by atoms with Crippen molar-refractivity contribution in [3.63, 3.8) is 0 Å². The highest BCUT2D eigenvalue weighted by Gasteiger charge is 2.05. The Morgan fingerprint density at radius 3 is 2.78 bits per heavy atom. The average molecular weight is 148 g/mol. The highest BCUT2D eigenvalue weighted by molar-refractivity contribution is 6.14. The molecule has 0 radical (unpaired) electrons. The Kier molecular flexibility index (Phi) is 1.35. The third-order valence-electron chi connectivity index (χ3n) is 0.686. The third kappa shape index (κ3) is 1.17. The van der Waals surface area contributed by atoms with Crippen LogP contribution in [-0.2, 0) is 0 Å². The molecule has 6 heteroatoms. The van der Waals surface area contributed by atoms with Crippen molar-refractivity contribution in [1.82, 2.24) is 14.5 Å². The normalized spacial score (nSPS) is 9.44. The minimum absolute atomic E-state index is 0.162. The van der Waals surface area contributed by atoms with Gasteiger partial charge in [-0.1, -0.05) is 5.21 Å². The van der Waals surface area contributed by atoms with Gasteiger partial charge in [-0.05, 0) is 0 Å². The molecule has 0 atom stereocenters. The number of aromatic carboxylic acids is 1. The molecule has 1 aromatic heterocycles. The fourth-order valence-electron chi connectivity index (χ4n) is 0.341. The van der Waals surface area contributed by atoms with Crippen LogP contribution < -0.4 is 0 Å². The Morgan fingerprint density at radius 1 is 1.89 bits per heavy atom. The van der Waals surface area contributed by atoms with Gasteiger partial charge in [-0.25, -0.2) is 4.79 Å². The van der Waals surface area contributed by atoms with Crippen molar-refractivity contribution in [1.29, 1.82) is 0 Å². The number of aromatic nitrogens is 3. The van der Waals surface area contributed by atoms with Crippen molar-refractivity contribution >= 4 is 17.7 Å². The van der Waals surface area contributed by atoms with E-state index in [0.717, 1.165) is 10.4 Å². The summed E-state index contributed by atoms with van der Waals surface area (Å²) >= 11 is 5.18. The van der Waals surface area contributed by atoms with E-state index in [-0.39, 0.29) is 5.69 Å². The largest absolute Gasteiger partial charge is 0.476 e. The van der Waals surface area contributed by atoms with Crippen molar-refractivity contribution in [2.24, 2.45) is 0 Å². The summed E-state index contributed by atoms with van der Waals surface area (Å²) in [5.74, 6) is -1.14. The first-order chi connectivity index (χ1) is 4.20. The van der Waals surface area contributed by atoms with Crippen molar-refractivity contribution in [2.75, 3.05) is 0 Å². The Hall–Kier alpha value is -1.10. The lowest BCUT2D eigenvalue weighted by atomic mass is 10.5. The summed E-state index contributed by atoms with van der Waals surface area (Å²) in [5.41, 5.74) is -0.162. The van der Waals surface area contributed by atoms with E-state index in [1.54, 1.807) is 0 Å². The van der Waals surface area contributed by atoms with Crippen molar-refractivity contribution < 1.29 is 9.90 Å². The molecular weight excluding hydrogens is 146 g/mol. The number of hydrogen-bond acceptors (Lipinski definition) is 3. The average Bonchev–Trinajstić information content (AvgIpc) is 2.14. The molecule has 0 aliphatic rings. The van der Waals surface area contributed by atoms with Crippen LogP contribution in [0.2, 0.25) is 0 Å². The van der Waals surface area contributed by atoms with E-state index in [4.69, 9.17) is 16.9 Å². The fraction of sp³-hybridized carbons (Fsp3) is 0. The molecule has 5 nitrogen and oxygen atoms in total. The molecular formula is C3H2ClN3O2. The molecule has 0 aliphatic heterocycles. The summed E-state index contributed by atoms with van der Waals surface area (Å²) in [6.45, 7) is 0. The SMILES string of the molecule is O=C(O)c1cn(Cl)nn1. The first-order valence-electron chi connectivity index (χ1n) is 2.02. The number of carbonyl (C=O) groups is 1. The predicted molar refractivity (Wildman–Crippen MR) is 28.2 cm³/mol. The van der Waals surface area contributed by atoms with Crippen LogP contribution in [0.4, 0.5) is 0 Å². The highest BCUT2D eigenvalue weighted by Crippen LogP contribution is 1.92. The van der Waals surface area contributed by atoms with Crippen LogP contribution in [0.3, 0.4) is 0 Å². The van der Waals surface area contributed by atoms with E-state index in [9.17, 15) is 4.79 Å². The maximum absolute atomic E-state index is 10.0. The van der Waals surface area contributed by atoms with Crippen LogP contribution in [-0.4, -0.2) is 25.6 Å². The van der Waals surface area contributed by atoms with Gasteiger partial charge in [-0.3, -0.25) is 0 Å². The summed E-state index contributed by atoms with van der Waals surface area (Å²) in [5, 5.41) is 14.6. The minimum atomic E-state index is -1.14. The standard InChI is InChI=1S/C3H2ClN3O2/c4-7-1-2(3(8)9)5-6-7/h1H,(H,8,9). The van der Waals surface area contributed by atoms with Crippen molar-refractivity contribution in [3.8, 4) is 0 Å². The van der Waals surface area contributed by atoms with E-state index in [1.807, 2.05) is 0 Å². The zero-order chi connectivity index (χ0) is 6.85. The van der Waals surface area contributed by atoms with E-state index >= 15 is 0 Å². The van der Waals surface area contributed by atoms with Gasteiger partial charge >= 0.3 is 5.97 Å². The molecule has 1 N–H and O–H groups in total. The molecule has 1 heterocycles. The molecule has 0 unspecified atom stereocenters. The van der Waals surface area contributed by atoms with Gasteiger partial charge < -0.3 is 5.11 Å². The first kappa shape index (κ1) is 6.03. The molecule has 0 aromatic carbocycles. The lowest BCUT2D eigenvalue weighted by molar-refractivity contribution is 0.0690. The number of nitrogens with zero attached hydrogens (tertiary/aromatic N) is 3. The minimum Gasteiger partial charge on any atom is -0.476 e. The molecule has 0 saturated heterocycles. The molecule has 0 aliphatic carbocycles. The van der Waals surface area contributed by atoms with Crippen LogP contribution in [0.5, 0.6) is 0 Å². The van der Waals surface area contributed by atoms with E-state index in [0.29, 0.717) is 0 Å². The zero-order valence-corrected chi connectivity index (χ0v) is 4.91. The van der Waals surface area contributed by atoms with Crippen LogP contribution in [0.1, 0.15) is 10.5 Å². The Balaban J connectivity index is 2.98. The summed E-state index contributed by atoms with van der Waals surface area (Å²) in [6.07, 6.45) is 1.10. The van der Waals surface area contributed by atoms with Gasteiger partial charge in [0.1, 0.15) is 0 Å².